The summed E-state index contributed by atoms with van der Waals surface area (Å²) in [6, 6.07) is 18.7. The van der Waals surface area contributed by atoms with Crippen LogP contribution in [0.3, 0.4) is 0 Å². The Balaban J connectivity index is 1.40. The van der Waals surface area contributed by atoms with Crippen LogP contribution in [0.4, 0.5) is 17.5 Å². The Bertz CT molecular complexity index is 1290. The summed E-state index contributed by atoms with van der Waals surface area (Å²) in [6.07, 6.45) is -1.79. The number of aromatic nitrogens is 2. The van der Waals surface area contributed by atoms with Crippen LogP contribution in [0.2, 0.25) is 0 Å². The van der Waals surface area contributed by atoms with Gasteiger partial charge < -0.3 is 40.5 Å². The van der Waals surface area contributed by atoms with E-state index in [4.69, 9.17) is 35.2 Å². The SMILES string of the molecule is Nc1nc(N)c(N[C@@H]2[C@H](Sc3ccccc3)O[C@@H]3COC(c4ccccc4)O[C@@H]3C23OCCO3)c(=O)[nH]1. The molecule has 5 atom stereocenters. The predicted octanol–water partition coefficient (Wildman–Crippen LogP) is 2.09. The van der Waals surface area contributed by atoms with Gasteiger partial charge in [-0.15, -0.1) is 0 Å². The molecular formula is C25H27N5O6S. The molecule has 0 aliphatic carbocycles. The predicted molar refractivity (Wildman–Crippen MR) is 137 cm³/mol. The average Bonchev–Trinajstić information content (AvgIpc) is 3.39. The fourth-order valence-electron chi connectivity index (χ4n) is 4.89. The third-order valence-corrected chi connectivity index (χ3v) is 7.66. The highest BCUT2D eigenvalue weighted by atomic mass is 32.2. The Hall–Kier alpha value is -3.13. The number of anilines is 3. The molecule has 11 nitrogen and oxygen atoms in total. The highest BCUT2D eigenvalue weighted by molar-refractivity contribution is 7.99. The van der Waals surface area contributed by atoms with Gasteiger partial charge in [-0.25, -0.2) is 0 Å². The van der Waals surface area contributed by atoms with Gasteiger partial charge in [0.05, 0.1) is 19.8 Å². The van der Waals surface area contributed by atoms with Crippen molar-refractivity contribution in [1.82, 2.24) is 9.97 Å². The number of benzene rings is 2. The van der Waals surface area contributed by atoms with E-state index in [0.29, 0.717) is 13.2 Å². The summed E-state index contributed by atoms with van der Waals surface area (Å²) in [4.78, 5) is 20.3. The fraction of sp³-hybridized carbons (Fsp3) is 0.360. The molecule has 3 aliphatic rings. The average molecular weight is 526 g/mol. The quantitative estimate of drug-likeness (QED) is 0.387. The van der Waals surface area contributed by atoms with Crippen LogP contribution in [0, 0.1) is 0 Å². The molecule has 1 aromatic heterocycles. The van der Waals surface area contributed by atoms with E-state index < -0.39 is 41.3 Å². The zero-order chi connectivity index (χ0) is 25.4. The lowest BCUT2D eigenvalue weighted by atomic mass is 9.92. The molecule has 0 radical (unpaired) electrons. The summed E-state index contributed by atoms with van der Waals surface area (Å²) in [5, 5.41) is 3.23. The van der Waals surface area contributed by atoms with Crippen molar-refractivity contribution in [1.29, 1.82) is 0 Å². The molecule has 2 aromatic carbocycles. The summed E-state index contributed by atoms with van der Waals surface area (Å²) < 4.78 is 31.7. The van der Waals surface area contributed by atoms with E-state index in [1.165, 1.54) is 11.8 Å². The molecule has 3 aromatic rings. The number of nitrogens with zero attached hydrogens (tertiary/aromatic N) is 1. The normalized spacial score (nSPS) is 28.6. The molecule has 0 saturated carbocycles. The minimum Gasteiger partial charge on any atom is -0.382 e. The number of thioether (sulfide) groups is 1. The van der Waals surface area contributed by atoms with Gasteiger partial charge in [0.25, 0.3) is 5.56 Å². The number of ether oxygens (including phenoxy) is 5. The van der Waals surface area contributed by atoms with Gasteiger partial charge in [-0.3, -0.25) is 9.78 Å². The first kappa shape index (κ1) is 24.2. The van der Waals surface area contributed by atoms with Crippen LogP contribution >= 0.6 is 11.8 Å². The van der Waals surface area contributed by atoms with Crippen molar-refractivity contribution in [3.63, 3.8) is 0 Å². The first-order chi connectivity index (χ1) is 18.0. The lowest BCUT2D eigenvalue weighted by Crippen LogP contribution is -2.71. The fourth-order valence-corrected chi connectivity index (χ4v) is 6.06. The molecule has 3 aliphatic heterocycles. The number of H-pyrrole nitrogens is 1. The topological polar surface area (TPSA) is 156 Å². The zero-order valence-electron chi connectivity index (χ0n) is 19.7. The number of nitrogens with two attached hydrogens (primary N) is 2. The number of nitrogen functional groups attached to an aromatic ring is 2. The van der Waals surface area contributed by atoms with Gasteiger partial charge in [-0.1, -0.05) is 60.3 Å². The monoisotopic (exact) mass is 525 g/mol. The second-order valence-electron chi connectivity index (χ2n) is 8.86. The Morgan fingerprint density at radius 3 is 2.41 bits per heavy atom. The third-order valence-electron chi connectivity index (χ3n) is 6.50. The standard InChI is InChI=1S/C25H27N5O6S/c26-20-17(21(31)30-24(27)29-20)28-18-23(37-15-9-5-2-6-10-15)35-16-13-32-22(14-7-3-1-4-8-14)36-19(16)25(18)33-11-12-34-25/h1-10,16,18-19,22-23,28H,11-13H2,(H5,26,27,29,30,31)/t16-,18-,19+,22?,23+/m1/s1. The number of aromatic amines is 1. The molecule has 1 spiro atoms. The molecule has 194 valence electrons. The van der Waals surface area contributed by atoms with Gasteiger partial charge in [0.15, 0.2) is 12.1 Å². The lowest BCUT2D eigenvalue weighted by Gasteiger charge is -2.53. The van der Waals surface area contributed by atoms with Crippen molar-refractivity contribution in [3.05, 3.63) is 76.6 Å². The second-order valence-corrected chi connectivity index (χ2v) is 10.0. The summed E-state index contributed by atoms with van der Waals surface area (Å²) in [5.41, 5.74) is 11.6. The molecule has 1 unspecified atom stereocenters. The maximum Gasteiger partial charge on any atom is 0.277 e. The van der Waals surface area contributed by atoms with E-state index in [0.717, 1.165) is 10.5 Å². The number of fused-ring (bicyclic) bond motifs is 2. The van der Waals surface area contributed by atoms with Gasteiger partial charge in [-0.05, 0) is 12.1 Å². The van der Waals surface area contributed by atoms with E-state index in [-0.39, 0.29) is 24.1 Å². The summed E-state index contributed by atoms with van der Waals surface area (Å²) in [7, 11) is 0. The Kier molecular flexibility index (Phi) is 6.53. The van der Waals surface area contributed by atoms with Crippen LogP contribution in [0.25, 0.3) is 0 Å². The molecule has 4 heterocycles. The molecule has 3 fully saturated rings. The van der Waals surface area contributed by atoms with Crippen molar-refractivity contribution < 1.29 is 23.7 Å². The number of rotatable bonds is 5. The zero-order valence-corrected chi connectivity index (χ0v) is 20.6. The Morgan fingerprint density at radius 1 is 1.00 bits per heavy atom. The van der Waals surface area contributed by atoms with Gasteiger partial charge in [0, 0.05) is 10.5 Å². The highest BCUT2D eigenvalue weighted by Gasteiger charge is 2.63. The van der Waals surface area contributed by atoms with E-state index in [1.54, 1.807) is 0 Å². The summed E-state index contributed by atoms with van der Waals surface area (Å²) in [5.74, 6) is -1.42. The van der Waals surface area contributed by atoms with Crippen molar-refractivity contribution in [2.45, 2.75) is 40.7 Å². The minimum absolute atomic E-state index is 0.0463. The van der Waals surface area contributed by atoms with Crippen LogP contribution in [-0.4, -0.2) is 59.3 Å². The molecule has 6 rings (SSSR count). The van der Waals surface area contributed by atoms with Crippen LogP contribution in [0.1, 0.15) is 11.9 Å². The minimum atomic E-state index is -1.30. The molecule has 3 saturated heterocycles. The molecule has 37 heavy (non-hydrogen) atoms. The second kappa shape index (κ2) is 9.97. The van der Waals surface area contributed by atoms with Crippen molar-refractivity contribution in [3.8, 4) is 0 Å². The maximum atomic E-state index is 12.8. The van der Waals surface area contributed by atoms with E-state index in [2.05, 4.69) is 15.3 Å². The lowest BCUT2D eigenvalue weighted by molar-refractivity contribution is -0.370. The van der Waals surface area contributed by atoms with Crippen molar-refractivity contribution >= 4 is 29.2 Å². The van der Waals surface area contributed by atoms with Crippen LogP contribution < -0.4 is 22.3 Å². The smallest absolute Gasteiger partial charge is 0.277 e. The van der Waals surface area contributed by atoms with Crippen LogP contribution in [0.15, 0.2) is 70.4 Å². The summed E-state index contributed by atoms with van der Waals surface area (Å²) >= 11 is 1.47. The number of hydrogen-bond donors (Lipinski definition) is 4. The summed E-state index contributed by atoms with van der Waals surface area (Å²) in [6.45, 7) is 0.954. The molecule has 0 amide bonds. The number of hydrogen-bond acceptors (Lipinski definition) is 11. The van der Waals surface area contributed by atoms with Gasteiger partial charge in [-0.2, -0.15) is 4.98 Å². The largest absolute Gasteiger partial charge is 0.382 e. The number of nitrogens with one attached hydrogen (secondary N) is 2. The van der Waals surface area contributed by atoms with E-state index >= 15 is 0 Å². The Labute approximate surface area is 216 Å². The van der Waals surface area contributed by atoms with Gasteiger partial charge >= 0.3 is 0 Å². The highest BCUT2D eigenvalue weighted by Crippen LogP contribution is 2.47. The molecular weight excluding hydrogens is 498 g/mol. The molecule has 0 bridgehead atoms. The first-order valence-electron chi connectivity index (χ1n) is 11.9. The first-order valence-corrected chi connectivity index (χ1v) is 12.8. The third kappa shape index (κ3) is 4.56. The van der Waals surface area contributed by atoms with E-state index in [1.807, 2.05) is 60.7 Å². The molecule has 6 N–H and O–H groups in total. The van der Waals surface area contributed by atoms with E-state index in [9.17, 15) is 4.79 Å². The van der Waals surface area contributed by atoms with Gasteiger partial charge in [0.2, 0.25) is 11.7 Å². The van der Waals surface area contributed by atoms with Crippen molar-refractivity contribution in [2.24, 2.45) is 0 Å². The maximum absolute atomic E-state index is 12.8. The van der Waals surface area contributed by atoms with Crippen molar-refractivity contribution in [2.75, 3.05) is 36.6 Å². The Morgan fingerprint density at radius 2 is 1.70 bits per heavy atom. The van der Waals surface area contributed by atoms with Crippen LogP contribution in [-0.2, 0) is 23.7 Å². The van der Waals surface area contributed by atoms with Gasteiger partial charge in [0.1, 0.15) is 29.4 Å². The molecule has 12 heteroatoms. The van der Waals surface area contributed by atoms with Crippen LogP contribution in [0.5, 0.6) is 0 Å².